The maximum atomic E-state index is 11.6. The van der Waals surface area contributed by atoms with Crippen LogP contribution in [0, 0.1) is 0 Å². The summed E-state index contributed by atoms with van der Waals surface area (Å²) in [7, 11) is 5.61. The first kappa shape index (κ1) is 25.0. The summed E-state index contributed by atoms with van der Waals surface area (Å²) >= 11 is 0. The van der Waals surface area contributed by atoms with Gasteiger partial charge in [0.1, 0.15) is 5.75 Å². The third-order valence-electron chi connectivity index (χ3n) is 7.04. The molecule has 0 atom stereocenters. The van der Waals surface area contributed by atoms with Crippen molar-refractivity contribution in [3.63, 3.8) is 0 Å². The van der Waals surface area contributed by atoms with Gasteiger partial charge in [0.05, 0.1) is 13.1 Å². The van der Waals surface area contributed by atoms with Gasteiger partial charge in [0, 0.05) is 30.4 Å². The summed E-state index contributed by atoms with van der Waals surface area (Å²) in [4.78, 5) is 30.1. The number of ether oxygens (including phenoxy) is 1. The van der Waals surface area contributed by atoms with Crippen LogP contribution in [0.4, 0.5) is 23.5 Å². The highest BCUT2D eigenvalue weighted by atomic mass is 16.5. The van der Waals surface area contributed by atoms with Crippen LogP contribution >= 0.6 is 0 Å². The molecule has 1 saturated heterocycles. The van der Waals surface area contributed by atoms with Crippen LogP contribution in [-0.2, 0) is 0 Å². The minimum atomic E-state index is -1.31. The van der Waals surface area contributed by atoms with Gasteiger partial charge >= 0.3 is 0 Å². The quantitative estimate of drug-likeness (QED) is 0.544. The number of carbonyl (C=O) groups excluding carboxylic acids is 1. The van der Waals surface area contributed by atoms with E-state index >= 15 is 0 Å². The second kappa shape index (κ2) is 11.5. The summed E-state index contributed by atoms with van der Waals surface area (Å²) in [6.45, 7) is 2.08. The third-order valence-corrected chi connectivity index (χ3v) is 7.04. The Hall–Kier alpha value is -3.14. The average molecular weight is 483 g/mol. The highest BCUT2D eigenvalue weighted by molar-refractivity contribution is 5.90. The number of aromatic carboxylic acids is 1. The molecule has 1 saturated carbocycles. The number of nitrogens with one attached hydrogen (secondary N) is 2. The van der Waals surface area contributed by atoms with Crippen molar-refractivity contribution in [2.24, 2.45) is 0 Å². The van der Waals surface area contributed by atoms with Gasteiger partial charge in [-0.1, -0.05) is 25.7 Å². The molecular weight excluding hydrogens is 446 g/mol. The Kier molecular flexibility index (Phi) is 8.22. The topological polar surface area (TPSA) is 119 Å². The van der Waals surface area contributed by atoms with Crippen molar-refractivity contribution in [3.05, 3.63) is 23.8 Å². The Morgan fingerprint density at radius 3 is 2.40 bits per heavy atom. The van der Waals surface area contributed by atoms with E-state index in [1.165, 1.54) is 38.9 Å². The molecule has 10 heteroatoms. The van der Waals surface area contributed by atoms with Gasteiger partial charge in [0.15, 0.2) is 0 Å². The fourth-order valence-electron chi connectivity index (χ4n) is 4.87. The molecule has 35 heavy (non-hydrogen) atoms. The minimum absolute atomic E-state index is 0.0352. The van der Waals surface area contributed by atoms with E-state index in [1.807, 2.05) is 7.05 Å². The molecule has 1 aromatic heterocycles. The predicted octanol–water partition coefficient (Wildman–Crippen LogP) is 2.65. The van der Waals surface area contributed by atoms with Crippen LogP contribution in [0.3, 0.4) is 0 Å². The lowest BCUT2D eigenvalue weighted by molar-refractivity contribution is -0.255. The van der Waals surface area contributed by atoms with Crippen LogP contribution in [0.2, 0.25) is 0 Å². The highest BCUT2D eigenvalue weighted by Crippen LogP contribution is 2.27. The van der Waals surface area contributed by atoms with Crippen molar-refractivity contribution in [1.29, 1.82) is 0 Å². The van der Waals surface area contributed by atoms with Crippen LogP contribution in [0.1, 0.15) is 61.7 Å². The van der Waals surface area contributed by atoms with Crippen molar-refractivity contribution < 1.29 is 14.6 Å². The lowest BCUT2D eigenvalue weighted by Gasteiger charge is -2.35. The Morgan fingerprint density at radius 2 is 1.74 bits per heavy atom. The molecule has 10 nitrogen and oxygen atoms in total. The smallest absolute Gasteiger partial charge is 0.233 e. The number of carboxylic acids is 1. The lowest BCUT2D eigenvalue weighted by atomic mass is 10.0. The molecule has 0 radical (unpaired) electrons. The van der Waals surface area contributed by atoms with Crippen LogP contribution in [0.15, 0.2) is 18.2 Å². The molecular formula is C25H36N7O3-. The monoisotopic (exact) mass is 482 g/mol. The zero-order valence-electron chi connectivity index (χ0n) is 20.9. The normalized spacial score (nSPS) is 18.0. The maximum absolute atomic E-state index is 11.6. The molecule has 0 unspecified atom stereocenters. The Balaban J connectivity index is 1.61. The molecule has 0 amide bonds. The summed E-state index contributed by atoms with van der Waals surface area (Å²) in [6, 6.07) is 5.47. The average Bonchev–Trinajstić information content (AvgIpc) is 3.12. The van der Waals surface area contributed by atoms with Gasteiger partial charge < -0.3 is 35.1 Å². The van der Waals surface area contributed by atoms with Gasteiger partial charge in [-0.05, 0) is 64.0 Å². The number of piperidine rings is 1. The molecule has 1 aliphatic heterocycles. The van der Waals surface area contributed by atoms with E-state index in [2.05, 4.69) is 32.5 Å². The molecule has 4 rings (SSSR count). The highest BCUT2D eigenvalue weighted by Gasteiger charge is 2.24. The SMILES string of the molecule is COc1ccc(Nc2nc(NC3CCCCCC3)nc(N(C)C3CCN(C)CC3)n2)cc1C(=O)[O-]. The molecule has 0 spiro atoms. The van der Waals surface area contributed by atoms with Crippen LogP contribution in [0.5, 0.6) is 5.75 Å². The second-order valence-corrected chi connectivity index (χ2v) is 9.59. The van der Waals surface area contributed by atoms with E-state index in [1.54, 1.807) is 12.1 Å². The lowest BCUT2D eigenvalue weighted by Crippen LogP contribution is -2.42. The molecule has 190 valence electrons. The zero-order chi connectivity index (χ0) is 24.8. The second-order valence-electron chi connectivity index (χ2n) is 9.59. The number of hydrogen-bond donors (Lipinski definition) is 2. The fraction of sp³-hybridized carbons (Fsp3) is 0.600. The zero-order valence-corrected chi connectivity index (χ0v) is 20.9. The van der Waals surface area contributed by atoms with Crippen molar-refractivity contribution in [1.82, 2.24) is 19.9 Å². The fourth-order valence-corrected chi connectivity index (χ4v) is 4.87. The Labute approximate surface area is 207 Å². The number of likely N-dealkylation sites (tertiary alicyclic amines) is 1. The van der Waals surface area contributed by atoms with Crippen LogP contribution < -0.4 is 25.4 Å². The summed E-state index contributed by atoms with van der Waals surface area (Å²) in [6.07, 6.45) is 9.22. The molecule has 1 aromatic carbocycles. The van der Waals surface area contributed by atoms with E-state index in [9.17, 15) is 9.90 Å². The summed E-state index contributed by atoms with van der Waals surface area (Å²) < 4.78 is 5.14. The number of hydrogen-bond acceptors (Lipinski definition) is 10. The van der Waals surface area contributed by atoms with Gasteiger partial charge in [-0.15, -0.1) is 0 Å². The van der Waals surface area contributed by atoms with Crippen molar-refractivity contribution in [2.75, 3.05) is 49.8 Å². The number of aromatic nitrogens is 3. The van der Waals surface area contributed by atoms with Crippen molar-refractivity contribution >= 4 is 29.5 Å². The van der Waals surface area contributed by atoms with Crippen molar-refractivity contribution in [3.8, 4) is 5.75 Å². The van der Waals surface area contributed by atoms with E-state index < -0.39 is 5.97 Å². The number of anilines is 4. The van der Waals surface area contributed by atoms with Gasteiger partial charge in [0.25, 0.3) is 0 Å². The number of carboxylic acid groups (broad SMARTS) is 1. The van der Waals surface area contributed by atoms with E-state index in [-0.39, 0.29) is 11.3 Å². The number of nitrogens with zero attached hydrogens (tertiary/aromatic N) is 5. The van der Waals surface area contributed by atoms with Gasteiger partial charge in [0.2, 0.25) is 17.8 Å². The van der Waals surface area contributed by atoms with Crippen molar-refractivity contribution in [2.45, 2.75) is 63.5 Å². The van der Waals surface area contributed by atoms with Gasteiger partial charge in [-0.25, -0.2) is 0 Å². The van der Waals surface area contributed by atoms with E-state index in [0.29, 0.717) is 35.6 Å². The first-order chi connectivity index (χ1) is 16.9. The molecule has 2 heterocycles. The standard InChI is InChI=1S/C25H37N7O3/c1-31-14-12-19(13-15-31)32(2)25-29-23(26-17-8-6-4-5-7-9-17)28-24(30-25)27-18-10-11-21(35-3)20(16-18)22(33)34/h10-11,16-17,19H,4-9,12-15H2,1-3H3,(H,33,34)(H2,26,27,28,29,30)/p-1. The molecule has 2 aromatic rings. The third kappa shape index (κ3) is 6.50. The Morgan fingerprint density at radius 1 is 1.06 bits per heavy atom. The van der Waals surface area contributed by atoms with Gasteiger partial charge in [-0.2, -0.15) is 15.0 Å². The van der Waals surface area contributed by atoms with E-state index in [4.69, 9.17) is 14.7 Å². The largest absolute Gasteiger partial charge is 0.545 e. The first-order valence-electron chi connectivity index (χ1n) is 12.5. The summed E-state index contributed by atoms with van der Waals surface area (Å²) in [5.74, 6) is 0.434. The number of carbonyl (C=O) groups is 1. The van der Waals surface area contributed by atoms with Crippen LogP contribution in [-0.4, -0.2) is 72.2 Å². The minimum Gasteiger partial charge on any atom is -0.545 e. The predicted molar refractivity (Wildman–Crippen MR) is 134 cm³/mol. The summed E-state index contributed by atoms with van der Waals surface area (Å²) in [5, 5.41) is 18.3. The molecule has 2 fully saturated rings. The summed E-state index contributed by atoms with van der Waals surface area (Å²) in [5.41, 5.74) is 0.497. The number of benzene rings is 1. The first-order valence-corrected chi connectivity index (χ1v) is 12.5. The molecule has 1 aliphatic carbocycles. The number of methoxy groups -OCH3 is 1. The molecule has 2 aliphatic rings. The molecule has 2 N–H and O–H groups in total. The van der Waals surface area contributed by atoms with Gasteiger partial charge in [-0.3, -0.25) is 0 Å². The molecule has 0 bridgehead atoms. The Bertz CT molecular complexity index is 1000. The van der Waals surface area contributed by atoms with E-state index in [0.717, 1.165) is 38.8 Å². The maximum Gasteiger partial charge on any atom is 0.233 e. The number of rotatable bonds is 8. The van der Waals surface area contributed by atoms with Crippen LogP contribution in [0.25, 0.3) is 0 Å².